The van der Waals surface area contributed by atoms with Crippen molar-refractivity contribution in [3.63, 3.8) is 0 Å². The molecular weight excluding hydrogens is 170 g/mol. The van der Waals surface area contributed by atoms with Gasteiger partial charge in [-0.1, -0.05) is 25.1 Å². The second-order valence-electron chi connectivity index (χ2n) is 2.17. The first kappa shape index (κ1) is 11.3. The Labute approximate surface area is 76.2 Å². The van der Waals surface area contributed by atoms with E-state index in [0.29, 0.717) is 5.69 Å². The Morgan fingerprint density at radius 2 is 1.85 bits per heavy atom. The van der Waals surface area contributed by atoms with Crippen LogP contribution in [0.25, 0.3) is 0 Å². The lowest BCUT2D eigenvalue weighted by Gasteiger charge is -1.80. The first-order valence-electron chi connectivity index (χ1n) is 3.81. The Morgan fingerprint density at radius 1 is 1.38 bits per heavy atom. The SMILES string of the molecule is CCC(=O)O.O=Nc1ccccc1. The van der Waals surface area contributed by atoms with Crippen LogP contribution in [0.5, 0.6) is 0 Å². The highest BCUT2D eigenvalue weighted by atomic mass is 16.4. The molecule has 0 unspecified atom stereocenters. The monoisotopic (exact) mass is 181 g/mol. The summed E-state index contributed by atoms with van der Waals surface area (Å²) in [4.78, 5) is 19.1. The molecule has 1 rings (SSSR count). The molecule has 0 saturated heterocycles. The summed E-state index contributed by atoms with van der Waals surface area (Å²) in [5.41, 5.74) is 0.479. The van der Waals surface area contributed by atoms with E-state index < -0.39 is 5.97 Å². The molecule has 0 heterocycles. The molecule has 0 saturated carbocycles. The minimum Gasteiger partial charge on any atom is -0.481 e. The molecular formula is C9H11NO3. The quantitative estimate of drug-likeness (QED) is 0.713. The zero-order valence-electron chi connectivity index (χ0n) is 7.30. The van der Waals surface area contributed by atoms with Crippen LogP contribution >= 0.6 is 0 Å². The van der Waals surface area contributed by atoms with Gasteiger partial charge < -0.3 is 5.11 Å². The van der Waals surface area contributed by atoms with E-state index in [4.69, 9.17) is 5.11 Å². The second-order valence-corrected chi connectivity index (χ2v) is 2.17. The number of aliphatic carboxylic acids is 1. The maximum atomic E-state index is 9.76. The number of nitroso groups, excluding NO2 is 1. The third-order valence-electron chi connectivity index (χ3n) is 1.16. The van der Waals surface area contributed by atoms with Gasteiger partial charge in [0, 0.05) is 6.42 Å². The van der Waals surface area contributed by atoms with Crippen LogP contribution < -0.4 is 0 Å². The Hall–Kier alpha value is -1.71. The molecule has 1 N–H and O–H groups in total. The van der Waals surface area contributed by atoms with E-state index in [1.807, 2.05) is 6.07 Å². The summed E-state index contributed by atoms with van der Waals surface area (Å²) >= 11 is 0. The summed E-state index contributed by atoms with van der Waals surface area (Å²) in [6, 6.07) is 8.71. The van der Waals surface area contributed by atoms with E-state index in [9.17, 15) is 9.70 Å². The smallest absolute Gasteiger partial charge is 0.303 e. The summed E-state index contributed by atoms with van der Waals surface area (Å²) in [6.07, 6.45) is 0.222. The molecule has 0 aliphatic carbocycles. The van der Waals surface area contributed by atoms with Crippen LogP contribution in [-0.4, -0.2) is 11.1 Å². The van der Waals surface area contributed by atoms with E-state index in [1.165, 1.54) is 0 Å². The fraction of sp³-hybridized carbons (Fsp3) is 0.222. The number of carboxylic acid groups (broad SMARTS) is 1. The standard InChI is InChI=1S/C6H5NO.C3H6O2/c8-7-6-4-2-1-3-5-6;1-2-3(4)5/h1-5H;2H2,1H3,(H,4,5). The third kappa shape index (κ3) is 6.68. The van der Waals surface area contributed by atoms with Crippen LogP contribution in [0.15, 0.2) is 35.5 Å². The largest absolute Gasteiger partial charge is 0.481 e. The molecule has 4 nitrogen and oxygen atoms in total. The maximum Gasteiger partial charge on any atom is 0.303 e. The van der Waals surface area contributed by atoms with Crippen molar-refractivity contribution in [1.82, 2.24) is 0 Å². The normalized spacial score (nSPS) is 8.08. The van der Waals surface area contributed by atoms with Crippen LogP contribution in [-0.2, 0) is 4.79 Å². The number of carboxylic acids is 1. The fourth-order valence-electron chi connectivity index (χ4n) is 0.489. The molecule has 70 valence electrons. The minimum absolute atomic E-state index is 0.222. The molecule has 0 bridgehead atoms. The molecule has 4 heteroatoms. The van der Waals surface area contributed by atoms with Gasteiger partial charge in [0.1, 0.15) is 5.69 Å². The van der Waals surface area contributed by atoms with Gasteiger partial charge in [-0.3, -0.25) is 4.79 Å². The molecule has 13 heavy (non-hydrogen) atoms. The number of hydrogen-bond acceptors (Lipinski definition) is 3. The molecule has 0 amide bonds. The first-order chi connectivity index (χ1) is 6.20. The number of benzene rings is 1. The Bertz CT molecular complexity index is 259. The fourth-order valence-corrected chi connectivity index (χ4v) is 0.489. The first-order valence-corrected chi connectivity index (χ1v) is 3.81. The predicted octanol–water partition coefficient (Wildman–Crippen LogP) is 2.57. The average molecular weight is 181 g/mol. The number of rotatable bonds is 2. The van der Waals surface area contributed by atoms with Crippen LogP contribution in [0.1, 0.15) is 13.3 Å². The lowest BCUT2D eigenvalue weighted by molar-refractivity contribution is -0.136. The highest BCUT2D eigenvalue weighted by Crippen LogP contribution is 2.07. The van der Waals surface area contributed by atoms with Crippen LogP contribution in [0.2, 0.25) is 0 Å². The maximum absolute atomic E-state index is 9.76. The van der Waals surface area contributed by atoms with E-state index >= 15 is 0 Å². The van der Waals surface area contributed by atoms with Crippen molar-refractivity contribution in [3.8, 4) is 0 Å². The van der Waals surface area contributed by atoms with Crippen LogP contribution in [0, 0.1) is 4.91 Å². The van der Waals surface area contributed by atoms with E-state index in [0.717, 1.165) is 0 Å². The van der Waals surface area contributed by atoms with Gasteiger partial charge >= 0.3 is 5.97 Å². The number of nitrogens with zero attached hydrogens (tertiary/aromatic N) is 1. The molecule has 0 fully saturated rings. The van der Waals surface area contributed by atoms with Crippen molar-refractivity contribution in [2.24, 2.45) is 5.18 Å². The third-order valence-corrected chi connectivity index (χ3v) is 1.16. The number of hydrogen-bond donors (Lipinski definition) is 1. The van der Waals surface area contributed by atoms with Crippen molar-refractivity contribution >= 4 is 11.7 Å². The zero-order chi connectivity index (χ0) is 10.1. The van der Waals surface area contributed by atoms with Crippen LogP contribution in [0.4, 0.5) is 5.69 Å². The van der Waals surface area contributed by atoms with Gasteiger partial charge in [0.15, 0.2) is 0 Å². The van der Waals surface area contributed by atoms with Gasteiger partial charge in [-0.05, 0) is 17.3 Å². The highest BCUT2D eigenvalue weighted by Gasteiger charge is 1.81. The zero-order valence-corrected chi connectivity index (χ0v) is 7.30. The van der Waals surface area contributed by atoms with Gasteiger partial charge in [0.25, 0.3) is 0 Å². The summed E-state index contributed by atoms with van der Waals surface area (Å²) in [7, 11) is 0. The van der Waals surface area contributed by atoms with Crippen molar-refractivity contribution in [2.75, 3.05) is 0 Å². The van der Waals surface area contributed by atoms with Gasteiger partial charge in [-0.2, -0.15) is 0 Å². The predicted molar refractivity (Wildman–Crippen MR) is 49.8 cm³/mol. The average Bonchev–Trinajstić information content (AvgIpc) is 2.20. The summed E-state index contributed by atoms with van der Waals surface area (Å²) in [5.74, 6) is -0.745. The Balaban J connectivity index is 0.000000252. The topological polar surface area (TPSA) is 66.7 Å². The molecule has 0 aliphatic heterocycles. The summed E-state index contributed by atoms with van der Waals surface area (Å²) < 4.78 is 0. The Kier molecular flexibility index (Phi) is 6.05. The lowest BCUT2D eigenvalue weighted by atomic mass is 10.3. The van der Waals surface area contributed by atoms with Crippen LogP contribution in [0.3, 0.4) is 0 Å². The van der Waals surface area contributed by atoms with Crippen molar-refractivity contribution in [2.45, 2.75) is 13.3 Å². The molecule has 0 spiro atoms. The second kappa shape index (κ2) is 6.97. The molecule has 0 atom stereocenters. The summed E-state index contributed by atoms with van der Waals surface area (Å²) in [5, 5.41) is 10.4. The molecule has 0 radical (unpaired) electrons. The van der Waals surface area contributed by atoms with Crippen molar-refractivity contribution in [3.05, 3.63) is 35.2 Å². The van der Waals surface area contributed by atoms with E-state index in [2.05, 4.69) is 5.18 Å². The Morgan fingerprint density at radius 3 is 2.08 bits per heavy atom. The van der Waals surface area contributed by atoms with E-state index in [1.54, 1.807) is 31.2 Å². The molecule has 0 aromatic heterocycles. The minimum atomic E-state index is -0.745. The van der Waals surface area contributed by atoms with E-state index in [-0.39, 0.29) is 6.42 Å². The van der Waals surface area contributed by atoms with Crippen molar-refractivity contribution < 1.29 is 9.90 Å². The van der Waals surface area contributed by atoms with Gasteiger partial charge in [0.05, 0.1) is 0 Å². The van der Waals surface area contributed by atoms with Gasteiger partial charge in [-0.25, -0.2) is 0 Å². The molecule has 1 aromatic carbocycles. The van der Waals surface area contributed by atoms with Gasteiger partial charge in [0.2, 0.25) is 0 Å². The van der Waals surface area contributed by atoms with Crippen molar-refractivity contribution in [1.29, 1.82) is 0 Å². The number of carbonyl (C=O) groups is 1. The molecule has 1 aromatic rings. The van der Waals surface area contributed by atoms with Gasteiger partial charge in [-0.15, -0.1) is 4.91 Å². The lowest BCUT2D eigenvalue weighted by Crippen LogP contribution is -1.86. The summed E-state index contributed by atoms with van der Waals surface area (Å²) in [6.45, 7) is 1.60. The molecule has 0 aliphatic rings. The highest BCUT2D eigenvalue weighted by molar-refractivity contribution is 5.66.